The van der Waals surface area contributed by atoms with Gasteiger partial charge in [0.1, 0.15) is 0 Å². The molecule has 9 heteroatoms. The summed E-state index contributed by atoms with van der Waals surface area (Å²) in [5, 5.41) is 10.7. The number of benzene rings is 2. The van der Waals surface area contributed by atoms with Crippen LogP contribution in [0.4, 0.5) is 18.9 Å². The fraction of sp³-hybridized carbons (Fsp3) is 0.167. The number of nitrogens with zero attached hydrogens (tertiary/aromatic N) is 2. The van der Waals surface area contributed by atoms with Crippen molar-refractivity contribution < 1.29 is 22.4 Å². The zero-order valence-electron chi connectivity index (χ0n) is 13.8. The highest BCUT2D eigenvalue weighted by Crippen LogP contribution is 2.31. The van der Waals surface area contributed by atoms with E-state index in [2.05, 4.69) is 15.5 Å². The van der Waals surface area contributed by atoms with Crippen molar-refractivity contribution in [1.82, 2.24) is 10.2 Å². The van der Waals surface area contributed by atoms with Crippen LogP contribution < -0.4 is 5.32 Å². The summed E-state index contributed by atoms with van der Waals surface area (Å²) in [6.45, 7) is 0. The van der Waals surface area contributed by atoms with Crippen molar-refractivity contribution in [1.29, 1.82) is 0 Å². The number of rotatable bonds is 5. The van der Waals surface area contributed by atoms with Crippen LogP contribution in [-0.2, 0) is 17.4 Å². The minimum absolute atomic E-state index is 0.0358. The fourth-order valence-electron chi connectivity index (χ4n) is 2.31. The van der Waals surface area contributed by atoms with Crippen molar-refractivity contribution in [2.75, 3.05) is 5.32 Å². The Morgan fingerprint density at radius 3 is 2.63 bits per heavy atom. The average Bonchev–Trinajstić information content (AvgIpc) is 3.08. The van der Waals surface area contributed by atoms with Gasteiger partial charge in [-0.1, -0.05) is 23.7 Å². The topological polar surface area (TPSA) is 68.0 Å². The van der Waals surface area contributed by atoms with Crippen LogP contribution in [0, 0.1) is 0 Å². The van der Waals surface area contributed by atoms with Gasteiger partial charge in [-0.2, -0.15) is 13.2 Å². The van der Waals surface area contributed by atoms with Crippen LogP contribution in [0.2, 0.25) is 5.02 Å². The first-order valence-electron chi connectivity index (χ1n) is 7.87. The van der Waals surface area contributed by atoms with Crippen LogP contribution in [0.25, 0.3) is 11.5 Å². The Kier molecular flexibility index (Phi) is 5.46. The molecular formula is C18H13ClF3N3O2. The molecule has 0 aliphatic carbocycles. The van der Waals surface area contributed by atoms with E-state index in [0.29, 0.717) is 10.7 Å². The van der Waals surface area contributed by atoms with E-state index in [1.54, 1.807) is 24.3 Å². The summed E-state index contributed by atoms with van der Waals surface area (Å²) in [7, 11) is 0. The van der Waals surface area contributed by atoms with Gasteiger partial charge < -0.3 is 9.73 Å². The molecule has 0 radical (unpaired) electrons. The zero-order chi connectivity index (χ0) is 19.4. The largest absolute Gasteiger partial charge is 0.421 e. The monoisotopic (exact) mass is 395 g/mol. The number of anilines is 1. The summed E-state index contributed by atoms with van der Waals surface area (Å²) in [5.74, 6) is -0.161. The Balaban J connectivity index is 1.62. The molecule has 3 rings (SSSR count). The van der Waals surface area contributed by atoms with Gasteiger partial charge in [0, 0.05) is 29.1 Å². The van der Waals surface area contributed by atoms with E-state index in [9.17, 15) is 18.0 Å². The van der Waals surface area contributed by atoms with Crippen molar-refractivity contribution in [3.63, 3.8) is 0 Å². The number of hydrogen-bond acceptors (Lipinski definition) is 4. The van der Waals surface area contributed by atoms with Crippen LogP contribution in [0.1, 0.15) is 17.9 Å². The third-order valence-corrected chi connectivity index (χ3v) is 3.81. The molecule has 0 fully saturated rings. The van der Waals surface area contributed by atoms with Gasteiger partial charge >= 0.3 is 6.18 Å². The smallest absolute Gasteiger partial charge is 0.416 e. The van der Waals surface area contributed by atoms with Gasteiger partial charge in [-0.3, -0.25) is 4.79 Å². The van der Waals surface area contributed by atoms with E-state index in [4.69, 9.17) is 16.0 Å². The average molecular weight is 396 g/mol. The molecular weight excluding hydrogens is 383 g/mol. The molecule has 2 aromatic carbocycles. The minimum Gasteiger partial charge on any atom is -0.421 e. The summed E-state index contributed by atoms with van der Waals surface area (Å²) >= 11 is 5.85. The summed E-state index contributed by atoms with van der Waals surface area (Å²) in [4.78, 5) is 12.0. The Bertz CT molecular complexity index is 957. The molecule has 1 heterocycles. The molecule has 0 aliphatic heterocycles. The Morgan fingerprint density at radius 1 is 1.11 bits per heavy atom. The lowest BCUT2D eigenvalue weighted by Crippen LogP contribution is -2.12. The van der Waals surface area contributed by atoms with Gasteiger partial charge in [-0.25, -0.2) is 0 Å². The highest BCUT2D eigenvalue weighted by atomic mass is 35.5. The second-order valence-electron chi connectivity index (χ2n) is 5.64. The van der Waals surface area contributed by atoms with Crippen molar-refractivity contribution in [3.8, 4) is 11.5 Å². The third-order valence-electron chi connectivity index (χ3n) is 3.58. The Morgan fingerprint density at radius 2 is 1.89 bits per heavy atom. The predicted octanol–water partition coefficient (Wildman–Crippen LogP) is 4.98. The fourth-order valence-corrected chi connectivity index (χ4v) is 2.50. The summed E-state index contributed by atoms with van der Waals surface area (Å²) < 4.78 is 43.7. The minimum atomic E-state index is -4.46. The lowest BCUT2D eigenvalue weighted by Gasteiger charge is -2.06. The maximum absolute atomic E-state index is 12.8. The van der Waals surface area contributed by atoms with E-state index in [1.165, 1.54) is 12.1 Å². The van der Waals surface area contributed by atoms with Crippen molar-refractivity contribution in [2.24, 2.45) is 0 Å². The third kappa shape index (κ3) is 5.07. The number of halogens is 4. The Labute approximate surface area is 157 Å². The molecule has 3 aromatic rings. The number of amides is 1. The predicted molar refractivity (Wildman–Crippen MR) is 93.1 cm³/mol. The number of alkyl halides is 3. The number of hydrogen-bond donors (Lipinski definition) is 1. The molecule has 0 atom stereocenters. The Hall–Kier alpha value is -2.87. The molecule has 0 saturated carbocycles. The zero-order valence-corrected chi connectivity index (χ0v) is 14.5. The normalized spacial score (nSPS) is 11.4. The van der Waals surface area contributed by atoms with Crippen LogP contribution in [0.5, 0.6) is 0 Å². The summed E-state index contributed by atoms with van der Waals surface area (Å²) in [6.07, 6.45) is -4.24. The molecule has 1 N–H and O–H groups in total. The van der Waals surface area contributed by atoms with E-state index in [0.717, 1.165) is 12.1 Å². The maximum Gasteiger partial charge on any atom is 0.416 e. The van der Waals surface area contributed by atoms with Gasteiger partial charge in [0.25, 0.3) is 0 Å². The molecule has 27 heavy (non-hydrogen) atoms. The van der Waals surface area contributed by atoms with Gasteiger partial charge in [-0.05, 0) is 36.4 Å². The number of carbonyl (C=O) groups excluding carboxylic acids is 1. The van der Waals surface area contributed by atoms with Gasteiger partial charge in [0.05, 0.1) is 5.56 Å². The summed E-state index contributed by atoms with van der Waals surface area (Å²) in [5.41, 5.74) is -0.0877. The van der Waals surface area contributed by atoms with E-state index in [-0.39, 0.29) is 36.1 Å². The first kappa shape index (κ1) is 18.9. The second-order valence-corrected chi connectivity index (χ2v) is 6.07. The highest BCUT2D eigenvalue weighted by molar-refractivity contribution is 6.30. The molecule has 0 bridgehead atoms. The molecule has 5 nitrogen and oxygen atoms in total. The lowest BCUT2D eigenvalue weighted by molar-refractivity contribution is -0.137. The first-order chi connectivity index (χ1) is 12.8. The van der Waals surface area contributed by atoms with Crippen molar-refractivity contribution in [3.05, 3.63) is 65.0 Å². The van der Waals surface area contributed by atoms with Crippen LogP contribution in [0.3, 0.4) is 0 Å². The lowest BCUT2D eigenvalue weighted by atomic mass is 10.1. The molecule has 140 valence electrons. The van der Waals surface area contributed by atoms with Gasteiger partial charge in [0.2, 0.25) is 17.7 Å². The molecule has 1 amide bonds. The standard InChI is InChI=1S/C18H13ClF3N3O2/c19-13-5-2-6-14(10-13)23-15(26)7-8-16-24-25-17(27-16)11-3-1-4-12(9-11)18(20,21)22/h1-6,9-10H,7-8H2,(H,23,26). The van der Waals surface area contributed by atoms with Crippen LogP contribution in [-0.4, -0.2) is 16.1 Å². The number of nitrogens with one attached hydrogen (secondary N) is 1. The SMILES string of the molecule is O=C(CCc1nnc(-c2cccc(C(F)(F)F)c2)o1)Nc1cccc(Cl)c1. The molecule has 1 aromatic heterocycles. The number of aryl methyl sites for hydroxylation is 1. The van der Waals surface area contributed by atoms with E-state index >= 15 is 0 Å². The highest BCUT2D eigenvalue weighted by Gasteiger charge is 2.30. The van der Waals surface area contributed by atoms with Crippen LogP contribution >= 0.6 is 11.6 Å². The van der Waals surface area contributed by atoms with Crippen LogP contribution in [0.15, 0.2) is 52.9 Å². The molecule has 0 unspecified atom stereocenters. The number of aromatic nitrogens is 2. The van der Waals surface area contributed by atoms with Gasteiger partial charge in [0.15, 0.2) is 0 Å². The number of carbonyl (C=O) groups is 1. The first-order valence-corrected chi connectivity index (χ1v) is 8.24. The molecule has 0 aliphatic rings. The van der Waals surface area contributed by atoms with E-state index in [1.807, 2.05) is 0 Å². The van der Waals surface area contributed by atoms with E-state index < -0.39 is 11.7 Å². The second kappa shape index (κ2) is 7.79. The molecule has 0 saturated heterocycles. The van der Waals surface area contributed by atoms with Crippen molar-refractivity contribution >= 4 is 23.2 Å². The quantitative estimate of drug-likeness (QED) is 0.661. The molecule has 0 spiro atoms. The maximum atomic E-state index is 12.8. The summed E-state index contributed by atoms with van der Waals surface area (Å²) in [6, 6.07) is 11.3. The van der Waals surface area contributed by atoms with Crippen molar-refractivity contribution in [2.45, 2.75) is 19.0 Å². The van der Waals surface area contributed by atoms with Gasteiger partial charge in [-0.15, -0.1) is 10.2 Å².